The van der Waals surface area contributed by atoms with Crippen LogP contribution in [0, 0.1) is 6.92 Å². The number of nitrogens with zero attached hydrogens (tertiary/aromatic N) is 2. The van der Waals surface area contributed by atoms with Crippen LogP contribution < -0.4 is 0 Å². The lowest BCUT2D eigenvalue weighted by atomic mass is 9.99. The third-order valence-electron chi connectivity index (χ3n) is 4.74. The van der Waals surface area contributed by atoms with Crippen LogP contribution in [-0.2, 0) is 16.1 Å². The van der Waals surface area contributed by atoms with Gasteiger partial charge in [0.25, 0.3) is 5.91 Å². The monoisotopic (exact) mass is 370 g/mol. The van der Waals surface area contributed by atoms with Gasteiger partial charge in [-0.05, 0) is 44.0 Å². The zero-order valence-electron chi connectivity index (χ0n) is 15.3. The van der Waals surface area contributed by atoms with E-state index in [1.54, 1.807) is 21.9 Å². The quantitative estimate of drug-likeness (QED) is 0.817. The van der Waals surface area contributed by atoms with E-state index in [1.165, 1.54) is 0 Å². The molecule has 2 aromatic rings. The van der Waals surface area contributed by atoms with Gasteiger partial charge in [-0.1, -0.05) is 53.6 Å². The molecule has 5 heteroatoms. The van der Waals surface area contributed by atoms with Gasteiger partial charge in [-0.2, -0.15) is 0 Å². The fourth-order valence-corrected chi connectivity index (χ4v) is 3.35. The first-order chi connectivity index (χ1) is 12.4. The third kappa shape index (κ3) is 3.75. The molecule has 3 rings (SSSR count). The second-order valence-electron chi connectivity index (χ2n) is 7.02. The van der Waals surface area contributed by atoms with Crippen molar-refractivity contribution < 1.29 is 9.59 Å². The molecule has 2 amide bonds. The van der Waals surface area contributed by atoms with Crippen LogP contribution in [0.5, 0.6) is 0 Å². The Morgan fingerprint density at radius 2 is 1.65 bits per heavy atom. The summed E-state index contributed by atoms with van der Waals surface area (Å²) in [5.41, 5.74) is 2.95. The van der Waals surface area contributed by atoms with Crippen LogP contribution in [0.4, 0.5) is 0 Å². The van der Waals surface area contributed by atoms with Crippen LogP contribution in [0.1, 0.15) is 36.6 Å². The van der Waals surface area contributed by atoms with Crippen molar-refractivity contribution in [1.29, 1.82) is 0 Å². The van der Waals surface area contributed by atoms with E-state index in [-0.39, 0.29) is 24.4 Å². The normalized spacial score (nSPS) is 18.0. The molecule has 1 heterocycles. The molecule has 26 heavy (non-hydrogen) atoms. The van der Waals surface area contributed by atoms with Crippen LogP contribution in [0.3, 0.4) is 0 Å². The summed E-state index contributed by atoms with van der Waals surface area (Å²) in [6.07, 6.45) is 0. The van der Waals surface area contributed by atoms with Crippen molar-refractivity contribution in [3.63, 3.8) is 0 Å². The first-order valence-corrected chi connectivity index (χ1v) is 9.15. The summed E-state index contributed by atoms with van der Waals surface area (Å²) in [7, 11) is 0. The van der Waals surface area contributed by atoms with Gasteiger partial charge in [0.15, 0.2) is 0 Å². The van der Waals surface area contributed by atoms with Gasteiger partial charge in [0.05, 0.1) is 0 Å². The molecule has 1 aliphatic rings. The lowest BCUT2D eigenvalue weighted by Gasteiger charge is -2.42. The van der Waals surface area contributed by atoms with E-state index in [4.69, 9.17) is 11.6 Å². The molecule has 0 radical (unpaired) electrons. The number of rotatable bonds is 4. The highest BCUT2D eigenvalue weighted by Crippen LogP contribution is 2.31. The Balaban J connectivity index is 1.98. The van der Waals surface area contributed by atoms with Crippen molar-refractivity contribution in [3.05, 3.63) is 70.2 Å². The highest BCUT2D eigenvalue weighted by Gasteiger charge is 2.41. The van der Waals surface area contributed by atoms with Crippen molar-refractivity contribution >= 4 is 23.4 Å². The summed E-state index contributed by atoms with van der Waals surface area (Å²) in [5.74, 6) is -0.0899. The summed E-state index contributed by atoms with van der Waals surface area (Å²) < 4.78 is 0. The summed E-state index contributed by atoms with van der Waals surface area (Å²) in [6.45, 7) is 6.41. The lowest BCUT2D eigenvalue weighted by Crippen LogP contribution is -2.56. The third-order valence-corrected chi connectivity index (χ3v) is 4.99. The van der Waals surface area contributed by atoms with Crippen LogP contribution in [0.15, 0.2) is 48.5 Å². The number of benzene rings is 2. The van der Waals surface area contributed by atoms with Crippen molar-refractivity contribution in [3.8, 4) is 0 Å². The highest BCUT2D eigenvalue weighted by atomic mass is 35.5. The van der Waals surface area contributed by atoms with Crippen LogP contribution >= 0.6 is 11.6 Å². The largest absolute Gasteiger partial charge is 0.329 e. The number of amides is 2. The molecule has 0 bridgehead atoms. The van der Waals surface area contributed by atoms with Crippen molar-refractivity contribution in [2.75, 3.05) is 6.54 Å². The lowest BCUT2D eigenvalue weighted by molar-refractivity contribution is -0.158. The van der Waals surface area contributed by atoms with E-state index in [0.717, 1.165) is 16.7 Å². The van der Waals surface area contributed by atoms with Crippen molar-refractivity contribution in [2.24, 2.45) is 0 Å². The molecule has 0 aliphatic carbocycles. The summed E-state index contributed by atoms with van der Waals surface area (Å²) in [4.78, 5) is 29.4. The Bertz CT molecular complexity index is 800. The smallest absolute Gasteiger partial charge is 0.250 e. The van der Waals surface area contributed by atoms with Crippen LogP contribution in [-0.4, -0.2) is 34.2 Å². The molecule has 0 aromatic heterocycles. The summed E-state index contributed by atoms with van der Waals surface area (Å²) >= 11 is 6.00. The molecule has 0 N–H and O–H groups in total. The molecule has 1 aliphatic heterocycles. The summed E-state index contributed by atoms with van der Waals surface area (Å²) in [6, 6.07) is 14.5. The molecule has 0 saturated carbocycles. The van der Waals surface area contributed by atoms with E-state index >= 15 is 0 Å². The maximum atomic E-state index is 13.2. The fourth-order valence-electron chi connectivity index (χ4n) is 3.22. The van der Waals surface area contributed by atoms with Crippen LogP contribution in [0.25, 0.3) is 0 Å². The molecule has 4 nitrogen and oxygen atoms in total. The van der Waals surface area contributed by atoms with Gasteiger partial charge in [-0.15, -0.1) is 0 Å². The summed E-state index contributed by atoms with van der Waals surface area (Å²) in [5, 5.41) is 0.606. The molecular weight excluding hydrogens is 348 g/mol. The minimum atomic E-state index is -0.628. The maximum absolute atomic E-state index is 13.2. The topological polar surface area (TPSA) is 40.6 Å². The average Bonchev–Trinajstić information content (AvgIpc) is 2.61. The van der Waals surface area contributed by atoms with E-state index in [9.17, 15) is 9.59 Å². The van der Waals surface area contributed by atoms with E-state index in [2.05, 4.69) is 0 Å². The van der Waals surface area contributed by atoms with Gasteiger partial charge in [-0.3, -0.25) is 9.59 Å². The van der Waals surface area contributed by atoms with Crippen molar-refractivity contribution in [1.82, 2.24) is 9.80 Å². The molecule has 1 saturated heterocycles. The average molecular weight is 371 g/mol. The molecule has 1 atom stereocenters. The Morgan fingerprint density at radius 3 is 2.23 bits per heavy atom. The first-order valence-electron chi connectivity index (χ1n) is 8.78. The number of hydrogen-bond acceptors (Lipinski definition) is 2. The number of hydrogen-bond donors (Lipinski definition) is 0. The van der Waals surface area contributed by atoms with Gasteiger partial charge in [0.2, 0.25) is 5.91 Å². The first kappa shape index (κ1) is 18.5. The Kier molecular flexibility index (Phi) is 5.33. The van der Waals surface area contributed by atoms with E-state index < -0.39 is 6.04 Å². The molecule has 136 valence electrons. The molecular formula is C21H23ClN2O2. The van der Waals surface area contributed by atoms with Gasteiger partial charge >= 0.3 is 0 Å². The maximum Gasteiger partial charge on any atom is 0.250 e. The minimum absolute atomic E-state index is 0.0252. The highest BCUT2D eigenvalue weighted by molar-refractivity contribution is 6.30. The molecule has 1 fully saturated rings. The number of carbonyl (C=O) groups excluding carboxylic acids is 2. The van der Waals surface area contributed by atoms with Crippen LogP contribution in [0.2, 0.25) is 5.02 Å². The van der Waals surface area contributed by atoms with Gasteiger partial charge in [0.1, 0.15) is 12.6 Å². The zero-order valence-corrected chi connectivity index (χ0v) is 16.0. The molecule has 0 spiro atoms. The second-order valence-corrected chi connectivity index (χ2v) is 7.46. The Labute approximate surface area is 159 Å². The predicted octanol–water partition coefficient (Wildman–Crippen LogP) is 3.97. The standard InChI is InChI=1S/C21H23ClN2O2/c1-14(2)23-13-19(25)24(12-16-6-4-15(3)5-7-16)20(21(23)26)17-8-10-18(22)11-9-17/h4-11,14,20H,12-13H2,1-3H3. The van der Waals surface area contributed by atoms with E-state index in [0.29, 0.717) is 11.6 Å². The Morgan fingerprint density at radius 1 is 1.04 bits per heavy atom. The number of aryl methyl sites for hydroxylation is 1. The number of carbonyl (C=O) groups is 2. The Hall–Kier alpha value is -2.33. The zero-order chi connectivity index (χ0) is 18.8. The van der Waals surface area contributed by atoms with Crippen molar-refractivity contribution in [2.45, 2.75) is 39.4 Å². The molecule has 2 aromatic carbocycles. The van der Waals surface area contributed by atoms with Gasteiger partial charge < -0.3 is 9.80 Å². The minimum Gasteiger partial charge on any atom is -0.329 e. The predicted molar refractivity (Wildman–Crippen MR) is 103 cm³/mol. The van der Waals surface area contributed by atoms with Gasteiger partial charge in [0, 0.05) is 17.6 Å². The van der Waals surface area contributed by atoms with Gasteiger partial charge in [-0.25, -0.2) is 0 Å². The number of piperazine rings is 1. The SMILES string of the molecule is Cc1ccc(CN2C(=O)CN(C(C)C)C(=O)C2c2ccc(Cl)cc2)cc1. The fraction of sp³-hybridized carbons (Fsp3) is 0.333. The van der Waals surface area contributed by atoms with E-state index in [1.807, 2.05) is 57.2 Å². The number of halogens is 1. The second kappa shape index (κ2) is 7.50. The molecule has 1 unspecified atom stereocenters.